The summed E-state index contributed by atoms with van der Waals surface area (Å²) in [6.45, 7) is 2.29. The van der Waals surface area contributed by atoms with Gasteiger partial charge in [-0.05, 0) is 42.3 Å². The number of hydrogen-bond donors (Lipinski definition) is 0. The number of anilines is 1. The molecular formula is C26H24N4O3. The molecule has 3 heterocycles. The van der Waals surface area contributed by atoms with E-state index in [-0.39, 0.29) is 12.3 Å². The van der Waals surface area contributed by atoms with Crippen molar-refractivity contribution in [2.45, 2.75) is 19.9 Å². The normalized spacial score (nSPS) is 13.5. The highest BCUT2D eigenvalue weighted by Crippen LogP contribution is 2.36. The second-order valence-electron chi connectivity index (χ2n) is 8.11. The van der Waals surface area contributed by atoms with Gasteiger partial charge in [0.2, 0.25) is 11.8 Å². The molecule has 0 spiro atoms. The number of carbonyl (C=O) groups excluding carboxylic acids is 1. The maximum absolute atomic E-state index is 13.5. The van der Waals surface area contributed by atoms with Crippen LogP contribution < -0.4 is 9.64 Å². The fraction of sp³-hybridized carbons (Fsp3) is 0.192. The molecular weight excluding hydrogens is 416 g/mol. The van der Waals surface area contributed by atoms with Crippen LogP contribution in [0.25, 0.3) is 22.9 Å². The summed E-state index contributed by atoms with van der Waals surface area (Å²) in [6, 6.07) is 13.9. The van der Waals surface area contributed by atoms with Gasteiger partial charge in [-0.25, -0.2) is 9.97 Å². The third-order valence-electron chi connectivity index (χ3n) is 5.80. The Morgan fingerprint density at radius 2 is 1.94 bits per heavy atom. The van der Waals surface area contributed by atoms with Gasteiger partial charge in [0.1, 0.15) is 11.5 Å². The van der Waals surface area contributed by atoms with E-state index in [4.69, 9.17) is 9.15 Å². The SMILES string of the molecule is COc1ccc(CN2C(=O)CC(c3ncc(C)o3)=Cc3ccc(-c4cncn4C)cc32)cc1. The molecule has 7 heteroatoms. The summed E-state index contributed by atoms with van der Waals surface area (Å²) in [5.41, 5.74) is 5.52. The average molecular weight is 441 g/mol. The molecule has 4 aromatic rings. The van der Waals surface area contributed by atoms with Gasteiger partial charge in [0.05, 0.1) is 50.2 Å². The molecule has 1 amide bonds. The van der Waals surface area contributed by atoms with E-state index in [1.807, 2.05) is 78.2 Å². The number of nitrogens with zero attached hydrogens (tertiary/aromatic N) is 4. The molecule has 33 heavy (non-hydrogen) atoms. The standard InChI is InChI=1S/C26H24N4O3/c1-17-13-28-26(33-17)21-10-19-6-7-20(24-14-27-16-29(24)2)11-23(19)30(25(31)12-21)15-18-4-8-22(32-3)9-5-18/h4-11,13-14,16H,12,15H2,1-3H3. The van der Waals surface area contributed by atoms with Crippen molar-refractivity contribution in [3.63, 3.8) is 0 Å². The second-order valence-corrected chi connectivity index (χ2v) is 8.11. The maximum atomic E-state index is 13.5. The molecule has 0 fully saturated rings. The van der Waals surface area contributed by atoms with E-state index >= 15 is 0 Å². The number of aryl methyl sites for hydroxylation is 2. The van der Waals surface area contributed by atoms with E-state index in [1.54, 1.807) is 19.6 Å². The highest BCUT2D eigenvalue weighted by Gasteiger charge is 2.26. The van der Waals surface area contributed by atoms with Crippen molar-refractivity contribution in [2.75, 3.05) is 12.0 Å². The predicted octanol–water partition coefficient (Wildman–Crippen LogP) is 4.87. The van der Waals surface area contributed by atoms with Crippen molar-refractivity contribution >= 4 is 23.2 Å². The van der Waals surface area contributed by atoms with Crippen LogP contribution in [-0.2, 0) is 18.4 Å². The Hall–Kier alpha value is -4.13. The van der Waals surface area contributed by atoms with Crippen LogP contribution in [0.3, 0.4) is 0 Å². The molecule has 0 N–H and O–H groups in total. The number of aromatic nitrogens is 3. The highest BCUT2D eigenvalue weighted by atomic mass is 16.5. The van der Waals surface area contributed by atoms with Gasteiger partial charge in [-0.1, -0.05) is 24.3 Å². The molecule has 1 aliphatic rings. The van der Waals surface area contributed by atoms with Crippen LogP contribution in [0.1, 0.15) is 29.2 Å². The highest BCUT2D eigenvalue weighted by molar-refractivity contribution is 6.06. The van der Waals surface area contributed by atoms with Crippen LogP contribution in [0.15, 0.2) is 65.6 Å². The summed E-state index contributed by atoms with van der Waals surface area (Å²) in [6.07, 6.45) is 7.47. The Morgan fingerprint density at radius 3 is 2.61 bits per heavy atom. The number of benzene rings is 2. The van der Waals surface area contributed by atoms with E-state index in [0.717, 1.165) is 39.4 Å². The number of fused-ring (bicyclic) bond motifs is 1. The Balaban J connectivity index is 1.60. The minimum absolute atomic E-state index is 0.0196. The fourth-order valence-electron chi connectivity index (χ4n) is 4.05. The Morgan fingerprint density at radius 1 is 1.12 bits per heavy atom. The van der Waals surface area contributed by atoms with Gasteiger partial charge in [-0.3, -0.25) is 4.79 Å². The summed E-state index contributed by atoms with van der Waals surface area (Å²) in [5.74, 6) is 1.95. The topological polar surface area (TPSA) is 73.4 Å². The zero-order valence-corrected chi connectivity index (χ0v) is 18.8. The van der Waals surface area contributed by atoms with E-state index in [2.05, 4.69) is 9.97 Å². The molecule has 0 bridgehead atoms. The number of rotatable bonds is 5. The average Bonchev–Trinajstić information content (AvgIpc) is 3.42. The fourth-order valence-corrected chi connectivity index (χ4v) is 4.05. The van der Waals surface area contributed by atoms with Crippen molar-refractivity contribution < 1.29 is 13.9 Å². The van der Waals surface area contributed by atoms with Crippen molar-refractivity contribution in [3.05, 3.63) is 84.0 Å². The summed E-state index contributed by atoms with van der Waals surface area (Å²) in [5, 5.41) is 0. The van der Waals surface area contributed by atoms with Gasteiger partial charge >= 0.3 is 0 Å². The lowest BCUT2D eigenvalue weighted by Gasteiger charge is -2.24. The van der Waals surface area contributed by atoms with Gasteiger partial charge in [-0.15, -0.1) is 0 Å². The van der Waals surface area contributed by atoms with Gasteiger partial charge < -0.3 is 18.6 Å². The van der Waals surface area contributed by atoms with E-state index < -0.39 is 0 Å². The molecule has 0 atom stereocenters. The van der Waals surface area contributed by atoms with Crippen molar-refractivity contribution in [1.82, 2.24) is 14.5 Å². The number of imidazole rings is 1. The van der Waals surface area contributed by atoms with E-state index in [0.29, 0.717) is 18.2 Å². The quantitative estimate of drug-likeness (QED) is 0.443. The number of ether oxygens (including phenoxy) is 1. The minimum Gasteiger partial charge on any atom is -0.497 e. The lowest BCUT2D eigenvalue weighted by atomic mass is 10.0. The number of oxazole rings is 1. The molecule has 2 aromatic carbocycles. The summed E-state index contributed by atoms with van der Waals surface area (Å²) < 4.78 is 13.0. The molecule has 0 saturated carbocycles. The number of hydrogen-bond acceptors (Lipinski definition) is 5. The summed E-state index contributed by atoms with van der Waals surface area (Å²) >= 11 is 0. The number of methoxy groups -OCH3 is 1. The van der Waals surface area contributed by atoms with Crippen LogP contribution in [0.4, 0.5) is 5.69 Å². The van der Waals surface area contributed by atoms with Crippen LogP contribution in [0, 0.1) is 6.92 Å². The summed E-state index contributed by atoms with van der Waals surface area (Å²) in [4.78, 5) is 24.0. The third kappa shape index (κ3) is 4.05. The molecule has 0 saturated heterocycles. The van der Waals surface area contributed by atoms with E-state index in [1.165, 1.54) is 0 Å². The minimum atomic E-state index is -0.0196. The molecule has 1 aliphatic heterocycles. The third-order valence-corrected chi connectivity index (χ3v) is 5.80. The van der Waals surface area contributed by atoms with Crippen molar-refractivity contribution in [2.24, 2.45) is 7.05 Å². The molecule has 5 rings (SSSR count). The van der Waals surface area contributed by atoms with Crippen LogP contribution in [-0.4, -0.2) is 27.6 Å². The zero-order chi connectivity index (χ0) is 22.9. The van der Waals surface area contributed by atoms with Crippen molar-refractivity contribution in [3.8, 4) is 17.0 Å². The molecule has 2 aromatic heterocycles. The maximum Gasteiger partial charge on any atom is 0.231 e. The van der Waals surface area contributed by atoms with Crippen LogP contribution >= 0.6 is 0 Å². The molecule has 166 valence electrons. The van der Waals surface area contributed by atoms with Gasteiger partial charge in [0.15, 0.2) is 0 Å². The largest absolute Gasteiger partial charge is 0.497 e. The number of carbonyl (C=O) groups is 1. The Labute approximate surface area is 192 Å². The predicted molar refractivity (Wildman–Crippen MR) is 127 cm³/mol. The first-order valence-corrected chi connectivity index (χ1v) is 10.7. The number of amides is 1. The smallest absolute Gasteiger partial charge is 0.231 e. The van der Waals surface area contributed by atoms with Crippen molar-refractivity contribution in [1.29, 1.82) is 0 Å². The Kier molecular flexibility index (Phi) is 5.30. The monoisotopic (exact) mass is 440 g/mol. The zero-order valence-electron chi connectivity index (χ0n) is 18.8. The molecule has 0 radical (unpaired) electrons. The van der Waals surface area contributed by atoms with Crippen LogP contribution in [0.5, 0.6) is 5.75 Å². The first-order chi connectivity index (χ1) is 16.0. The summed E-state index contributed by atoms with van der Waals surface area (Å²) in [7, 11) is 3.60. The van der Waals surface area contributed by atoms with Gasteiger partial charge in [0, 0.05) is 18.2 Å². The molecule has 7 nitrogen and oxygen atoms in total. The molecule has 0 unspecified atom stereocenters. The molecule has 0 aliphatic carbocycles. The van der Waals surface area contributed by atoms with E-state index in [9.17, 15) is 4.79 Å². The van der Waals surface area contributed by atoms with Gasteiger partial charge in [0.25, 0.3) is 0 Å². The lowest BCUT2D eigenvalue weighted by molar-refractivity contribution is -0.117. The van der Waals surface area contributed by atoms with Crippen LogP contribution in [0.2, 0.25) is 0 Å². The first-order valence-electron chi connectivity index (χ1n) is 10.7. The Bertz CT molecular complexity index is 1350. The van der Waals surface area contributed by atoms with Gasteiger partial charge in [-0.2, -0.15) is 0 Å². The lowest BCUT2D eigenvalue weighted by Crippen LogP contribution is -2.30. The first kappa shape index (κ1) is 20.8. The second kappa shape index (κ2) is 8.43.